The minimum atomic E-state index is 1.30. The van der Waals surface area contributed by atoms with Gasteiger partial charge in [0.2, 0.25) is 0 Å². The highest BCUT2D eigenvalue weighted by Crippen LogP contribution is 2.22. The molecular formula is C47H62. The Morgan fingerprint density at radius 2 is 0.340 bits per heavy atom. The standard InChI is InChI=1S/3C10H12.C9H10.4C2H4/c3*1-2-6-10-8-4-3-7-9(10)5-1;1-2-5-9-7-3-6-8(9)4-1;4*1-2/h3*1-2,5-6H,3-4,7-8H2;1-2,4-5H,3,6-7H2;4*1-2H2. The van der Waals surface area contributed by atoms with Crippen molar-refractivity contribution in [1.29, 1.82) is 0 Å². The van der Waals surface area contributed by atoms with Crippen molar-refractivity contribution in [1.82, 2.24) is 0 Å². The van der Waals surface area contributed by atoms with Gasteiger partial charge in [0.05, 0.1) is 0 Å². The molecular weight excluding hydrogens is 565 g/mol. The second kappa shape index (κ2) is 27.0. The molecule has 0 saturated heterocycles. The number of hydrogen-bond donors (Lipinski definition) is 0. The van der Waals surface area contributed by atoms with Crippen LogP contribution in [0.5, 0.6) is 0 Å². The molecule has 0 aliphatic heterocycles. The van der Waals surface area contributed by atoms with E-state index in [1.54, 1.807) is 44.5 Å². The Labute approximate surface area is 289 Å². The van der Waals surface area contributed by atoms with Gasteiger partial charge in [-0.2, -0.15) is 0 Å². The largest absolute Gasteiger partial charge is 0.106 e. The van der Waals surface area contributed by atoms with Gasteiger partial charge in [-0.1, -0.05) is 97.1 Å². The number of benzene rings is 4. The van der Waals surface area contributed by atoms with Crippen LogP contribution in [0.2, 0.25) is 0 Å². The second-order valence-corrected chi connectivity index (χ2v) is 11.5. The van der Waals surface area contributed by atoms with Crippen molar-refractivity contribution in [2.45, 2.75) is 96.3 Å². The molecule has 250 valence electrons. The maximum absolute atomic E-state index is 3.00. The molecule has 0 radical (unpaired) electrons. The molecule has 4 aromatic rings. The zero-order valence-corrected chi connectivity index (χ0v) is 29.5. The number of fused-ring (bicyclic) bond motifs is 4. The highest BCUT2D eigenvalue weighted by molar-refractivity contribution is 5.31. The molecule has 0 N–H and O–H groups in total. The molecule has 0 fully saturated rings. The van der Waals surface area contributed by atoms with Crippen LogP contribution in [0.25, 0.3) is 0 Å². The lowest BCUT2D eigenvalue weighted by Crippen LogP contribution is -2.00. The van der Waals surface area contributed by atoms with E-state index in [9.17, 15) is 0 Å². The summed E-state index contributed by atoms with van der Waals surface area (Å²) in [6, 6.07) is 35.1. The molecule has 0 saturated carbocycles. The third-order valence-corrected chi connectivity index (χ3v) is 8.79. The van der Waals surface area contributed by atoms with Gasteiger partial charge < -0.3 is 0 Å². The molecule has 4 aliphatic carbocycles. The predicted octanol–water partition coefficient (Wildman–Crippen LogP) is 13.1. The molecule has 0 amide bonds. The number of rotatable bonds is 0. The third-order valence-electron chi connectivity index (χ3n) is 8.79. The van der Waals surface area contributed by atoms with Crippen LogP contribution in [0, 0.1) is 0 Å². The first kappa shape index (κ1) is 40.9. The van der Waals surface area contributed by atoms with E-state index >= 15 is 0 Å². The molecule has 0 heteroatoms. The Morgan fingerprint density at radius 1 is 0.213 bits per heavy atom. The summed E-state index contributed by atoms with van der Waals surface area (Å²) < 4.78 is 0. The Balaban J connectivity index is 0.000000292. The normalized spacial score (nSPS) is 13.8. The molecule has 0 nitrogen and oxygen atoms in total. The average molecular weight is 627 g/mol. The van der Waals surface area contributed by atoms with E-state index in [4.69, 9.17) is 0 Å². The number of aryl methyl sites for hydroxylation is 8. The van der Waals surface area contributed by atoms with Crippen molar-refractivity contribution < 1.29 is 0 Å². The summed E-state index contributed by atoms with van der Waals surface area (Å²) >= 11 is 0. The van der Waals surface area contributed by atoms with Crippen molar-refractivity contribution in [3.05, 3.63) is 194 Å². The first-order chi connectivity index (χ1) is 23.4. The van der Waals surface area contributed by atoms with E-state index in [1.807, 2.05) is 0 Å². The summed E-state index contributed by atoms with van der Waals surface area (Å²) in [7, 11) is 0. The molecule has 0 unspecified atom stereocenters. The lowest BCUT2D eigenvalue weighted by molar-refractivity contribution is 0.685. The van der Waals surface area contributed by atoms with Crippen molar-refractivity contribution >= 4 is 0 Å². The summed E-state index contributed by atoms with van der Waals surface area (Å²) in [4.78, 5) is 0. The fourth-order valence-corrected chi connectivity index (χ4v) is 6.54. The lowest BCUT2D eigenvalue weighted by Gasteiger charge is -2.13. The van der Waals surface area contributed by atoms with Crippen LogP contribution in [-0.2, 0) is 51.4 Å². The number of hydrogen-bond acceptors (Lipinski definition) is 0. The van der Waals surface area contributed by atoms with Gasteiger partial charge in [0.25, 0.3) is 0 Å². The first-order valence-corrected chi connectivity index (χ1v) is 17.6. The maximum Gasteiger partial charge on any atom is -0.0273 e. The van der Waals surface area contributed by atoms with Crippen LogP contribution in [-0.4, -0.2) is 0 Å². The van der Waals surface area contributed by atoms with E-state index in [1.165, 1.54) is 96.3 Å². The fourth-order valence-electron chi connectivity index (χ4n) is 6.54. The van der Waals surface area contributed by atoms with Crippen molar-refractivity contribution in [2.24, 2.45) is 0 Å². The highest BCUT2D eigenvalue weighted by Gasteiger charge is 2.08. The highest BCUT2D eigenvalue weighted by atomic mass is 14.1. The van der Waals surface area contributed by atoms with Gasteiger partial charge in [0, 0.05) is 0 Å². The van der Waals surface area contributed by atoms with E-state index in [-0.39, 0.29) is 0 Å². The van der Waals surface area contributed by atoms with Gasteiger partial charge in [0.15, 0.2) is 0 Å². The third kappa shape index (κ3) is 14.9. The molecule has 0 atom stereocenters. The molecule has 4 aliphatic rings. The van der Waals surface area contributed by atoms with Crippen LogP contribution in [0.3, 0.4) is 0 Å². The molecule has 4 aromatic carbocycles. The van der Waals surface area contributed by atoms with E-state index in [2.05, 4.69) is 150 Å². The fraction of sp³-hybridized carbons (Fsp3) is 0.319. The second-order valence-electron chi connectivity index (χ2n) is 11.5. The topological polar surface area (TPSA) is 0 Å². The molecule has 47 heavy (non-hydrogen) atoms. The van der Waals surface area contributed by atoms with Crippen LogP contribution < -0.4 is 0 Å². The minimum Gasteiger partial charge on any atom is -0.106 e. The van der Waals surface area contributed by atoms with Crippen molar-refractivity contribution in [2.75, 3.05) is 0 Å². The van der Waals surface area contributed by atoms with Gasteiger partial charge in [-0.25, -0.2) is 0 Å². The first-order valence-electron chi connectivity index (χ1n) is 17.6. The van der Waals surface area contributed by atoms with Crippen LogP contribution in [0.15, 0.2) is 150 Å². The monoisotopic (exact) mass is 626 g/mol. The Hall–Kier alpha value is -4.16. The summed E-state index contributed by atoms with van der Waals surface area (Å²) in [6.07, 6.45) is 20.1. The summed E-state index contributed by atoms with van der Waals surface area (Å²) in [6.45, 7) is 24.0. The Kier molecular flexibility index (Phi) is 23.5. The molecule has 0 bridgehead atoms. The van der Waals surface area contributed by atoms with Gasteiger partial charge in [-0.05, 0) is 141 Å². The van der Waals surface area contributed by atoms with Crippen LogP contribution >= 0.6 is 0 Å². The quantitative estimate of drug-likeness (QED) is 0.170. The van der Waals surface area contributed by atoms with Crippen LogP contribution in [0.4, 0.5) is 0 Å². The Morgan fingerprint density at radius 3 is 0.489 bits per heavy atom. The minimum absolute atomic E-state index is 1.30. The van der Waals surface area contributed by atoms with E-state index in [0.29, 0.717) is 0 Å². The zero-order chi connectivity index (χ0) is 34.5. The van der Waals surface area contributed by atoms with Crippen molar-refractivity contribution in [3.63, 3.8) is 0 Å². The molecule has 0 aromatic heterocycles. The zero-order valence-electron chi connectivity index (χ0n) is 29.5. The van der Waals surface area contributed by atoms with Gasteiger partial charge in [-0.15, -0.1) is 52.6 Å². The summed E-state index contributed by atoms with van der Waals surface area (Å²) in [5.41, 5.74) is 12.6. The predicted molar refractivity (Wildman–Crippen MR) is 213 cm³/mol. The van der Waals surface area contributed by atoms with Gasteiger partial charge in [0.1, 0.15) is 0 Å². The van der Waals surface area contributed by atoms with E-state index in [0.717, 1.165) is 0 Å². The van der Waals surface area contributed by atoms with Gasteiger partial charge in [-0.3, -0.25) is 0 Å². The summed E-state index contributed by atoms with van der Waals surface area (Å²) in [5.74, 6) is 0. The molecule has 0 spiro atoms. The SMILES string of the molecule is C=C.C=C.C=C.C=C.c1ccc2c(c1)CCC2.c1ccc2c(c1)CCCC2.c1ccc2c(c1)CCCC2.c1ccc2c(c1)CCCC2. The van der Waals surface area contributed by atoms with Gasteiger partial charge >= 0.3 is 0 Å². The summed E-state index contributed by atoms with van der Waals surface area (Å²) in [5, 5.41) is 0. The molecule has 8 rings (SSSR count). The Bertz CT molecular complexity index is 1130. The van der Waals surface area contributed by atoms with Crippen molar-refractivity contribution in [3.8, 4) is 0 Å². The maximum atomic E-state index is 3.00. The average Bonchev–Trinajstić information content (AvgIpc) is 3.68. The van der Waals surface area contributed by atoms with E-state index < -0.39 is 0 Å². The van der Waals surface area contributed by atoms with Crippen LogP contribution in [0.1, 0.15) is 89.5 Å². The smallest absolute Gasteiger partial charge is 0.0273 e. The lowest BCUT2D eigenvalue weighted by atomic mass is 9.92. The molecule has 0 heterocycles.